The van der Waals surface area contributed by atoms with Crippen LogP contribution in [0.2, 0.25) is 0 Å². The van der Waals surface area contributed by atoms with Gasteiger partial charge in [0, 0.05) is 38.1 Å². The van der Waals surface area contributed by atoms with E-state index in [-0.39, 0.29) is 0 Å². The summed E-state index contributed by atoms with van der Waals surface area (Å²) in [6.45, 7) is 3.77. The highest BCUT2D eigenvalue weighted by atomic mass is 16.5. The first-order chi connectivity index (χ1) is 6.22. The van der Waals surface area contributed by atoms with Gasteiger partial charge < -0.3 is 14.5 Å². The summed E-state index contributed by atoms with van der Waals surface area (Å²) in [5.74, 6) is 1.94. The SMILES string of the molecule is COC(=O)C#CN1CCN(C)CC1. The molecule has 0 unspecified atom stereocenters. The average Bonchev–Trinajstić information content (AvgIpc) is 2.16. The fraction of sp³-hybridized carbons (Fsp3) is 0.667. The first-order valence-electron chi connectivity index (χ1n) is 4.25. The molecule has 1 aliphatic heterocycles. The number of piperazine rings is 1. The number of carbonyl (C=O) groups is 1. The fourth-order valence-corrected chi connectivity index (χ4v) is 1.09. The van der Waals surface area contributed by atoms with Gasteiger partial charge in [0.15, 0.2) is 0 Å². The topological polar surface area (TPSA) is 32.8 Å². The summed E-state index contributed by atoms with van der Waals surface area (Å²) in [6, 6.07) is 2.77. The van der Waals surface area contributed by atoms with E-state index < -0.39 is 5.97 Å². The molecule has 0 radical (unpaired) electrons. The number of rotatable bonds is 0. The number of esters is 1. The van der Waals surface area contributed by atoms with Crippen molar-refractivity contribution >= 4 is 5.97 Å². The van der Waals surface area contributed by atoms with Crippen LogP contribution in [0.3, 0.4) is 0 Å². The van der Waals surface area contributed by atoms with Crippen molar-refractivity contribution in [1.29, 1.82) is 0 Å². The Morgan fingerprint density at radius 1 is 1.31 bits per heavy atom. The molecular formula is C9H14N2O2. The molecular weight excluding hydrogens is 168 g/mol. The molecule has 4 nitrogen and oxygen atoms in total. The molecule has 0 saturated carbocycles. The number of likely N-dealkylation sites (N-methyl/N-ethyl adjacent to an activating group) is 1. The van der Waals surface area contributed by atoms with Gasteiger partial charge in [-0.25, -0.2) is 4.79 Å². The fourth-order valence-electron chi connectivity index (χ4n) is 1.09. The minimum Gasteiger partial charge on any atom is -0.459 e. The third-order valence-electron chi connectivity index (χ3n) is 2.00. The van der Waals surface area contributed by atoms with E-state index in [9.17, 15) is 4.79 Å². The average molecular weight is 182 g/mol. The van der Waals surface area contributed by atoms with Crippen LogP contribution in [0.4, 0.5) is 0 Å². The summed E-state index contributed by atoms with van der Waals surface area (Å²) < 4.78 is 4.41. The molecule has 1 heterocycles. The molecule has 0 bridgehead atoms. The monoisotopic (exact) mass is 182 g/mol. The maximum Gasteiger partial charge on any atom is 0.385 e. The van der Waals surface area contributed by atoms with Gasteiger partial charge in [0.1, 0.15) is 0 Å². The van der Waals surface area contributed by atoms with Crippen LogP contribution in [-0.2, 0) is 9.53 Å². The molecule has 0 aliphatic carbocycles. The number of nitrogens with zero attached hydrogens (tertiary/aromatic N) is 2. The highest BCUT2D eigenvalue weighted by Gasteiger charge is 2.10. The highest BCUT2D eigenvalue weighted by molar-refractivity contribution is 5.88. The van der Waals surface area contributed by atoms with E-state index in [1.165, 1.54) is 7.11 Å². The summed E-state index contributed by atoms with van der Waals surface area (Å²) in [4.78, 5) is 14.9. The lowest BCUT2D eigenvalue weighted by Crippen LogP contribution is -2.42. The zero-order valence-electron chi connectivity index (χ0n) is 8.04. The van der Waals surface area contributed by atoms with Crippen LogP contribution < -0.4 is 0 Å². The summed E-state index contributed by atoms with van der Waals surface area (Å²) >= 11 is 0. The van der Waals surface area contributed by atoms with Gasteiger partial charge in [-0.15, -0.1) is 0 Å². The lowest BCUT2D eigenvalue weighted by atomic mass is 10.3. The molecule has 0 aromatic rings. The lowest BCUT2D eigenvalue weighted by molar-refractivity contribution is -0.133. The van der Waals surface area contributed by atoms with E-state index >= 15 is 0 Å². The molecule has 1 saturated heterocycles. The summed E-state index contributed by atoms with van der Waals surface area (Å²) in [5.41, 5.74) is 0. The third-order valence-corrected chi connectivity index (χ3v) is 2.00. The molecule has 0 aromatic carbocycles. The summed E-state index contributed by atoms with van der Waals surface area (Å²) in [5, 5.41) is 0. The van der Waals surface area contributed by atoms with Crippen LogP contribution in [0.5, 0.6) is 0 Å². The van der Waals surface area contributed by atoms with E-state index in [1.54, 1.807) is 0 Å². The van der Waals surface area contributed by atoms with Gasteiger partial charge in [0.2, 0.25) is 0 Å². The zero-order valence-corrected chi connectivity index (χ0v) is 8.04. The third kappa shape index (κ3) is 3.34. The van der Waals surface area contributed by atoms with Gasteiger partial charge in [-0.05, 0) is 7.05 Å². The van der Waals surface area contributed by atoms with Crippen LogP contribution >= 0.6 is 0 Å². The Morgan fingerprint density at radius 3 is 2.46 bits per heavy atom. The summed E-state index contributed by atoms with van der Waals surface area (Å²) in [7, 11) is 3.41. The second kappa shape index (κ2) is 4.73. The molecule has 0 atom stereocenters. The van der Waals surface area contributed by atoms with Gasteiger partial charge in [-0.3, -0.25) is 0 Å². The predicted octanol–water partition coefficient (Wildman–Crippen LogP) is -0.632. The van der Waals surface area contributed by atoms with Crippen molar-refractivity contribution < 1.29 is 9.53 Å². The van der Waals surface area contributed by atoms with Gasteiger partial charge in [-0.2, -0.15) is 0 Å². The highest BCUT2D eigenvalue weighted by Crippen LogP contribution is 1.96. The molecule has 1 fully saturated rings. The minimum atomic E-state index is -0.473. The van der Waals surface area contributed by atoms with Gasteiger partial charge in [0.05, 0.1) is 7.11 Å². The largest absolute Gasteiger partial charge is 0.459 e. The molecule has 0 N–H and O–H groups in total. The Labute approximate surface area is 78.4 Å². The van der Waals surface area contributed by atoms with Crippen LogP contribution in [-0.4, -0.2) is 56.1 Å². The smallest absolute Gasteiger partial charge is 0.385 e. The first-order valence-corrected chi connectivity index (χ1v) is 4.25. The number of hydrogen-bond donors (Lipinski definition) is 0. The van der Waals surface area contributed by atoms with Gasteiger partial charge in [-0.1, -0.05) is 0 Å². The number of hydrogen-bond acceptors (Lipinski definition) is 4. The van der Waals surface area contributed by atoms with Crippen molar-refractivity contribution in [2.75, 3.05) is 40.3 Å². The van der Waals surface area contributed by atoms with Crippen molar-refractivity contribution in [2.24, 2.45) is 0 Å². The second-order valence-electron chi connectivity index (χ2n) is 3.02. The van der Waals surface area contributed by atoms with Crippen molar-refractivity contribution in [3.8, 4) is 12.0 Å². The van der Waals surface area contributed by atoms with Crippen LogP contribution in [0.25, 0.3) is 0 Å². The predicted molar refractivity (Wildman–Crippen MR) is 48.9 cm³/mol. The Kier molecular flexibility index (Phi) is 3.59. The Balaban J connectivity index is 2.36. The maximum atomic E-state index is 10.7. The molecule has 13 heavy (non-hydrogen) atoms. The normalized spacial score (nSPS) is 17.5. The quantitative estimate of drug-likeness (QED) is 0.369. The van der Waals surface area contributed by atoms with Gasteiger partial charge >= 0.3 is 5.97 Å². The van der Waals surface area contributed by atoms with Crippen molar-refractivity contribution in [1.82, 2.24) is 9.80 Å². The standard InChI is InChI=1S/C9H14N2O2/c1-10-5-7-11(8-6-10)4-3-9(12)13-2/h5-8H2,1-2H3. The Hall–Kier alpha value is -1.21. The second-order valence-corrected chi connectivity index (χ2v) is 3.02. The molecule has 0 amide bonds. The van der Waals surface area contributed by atoms with E-state index in [2.05, 4.69) is 28.6 Å². The van der Waals surface area contributed by atoms with E-state index in [0.29, 0.717) is 0 Å². The number of methoxy groups -OCH3 is 1. The van der Waals surface area contributed by atoms with E-state index in [4.69, 9.17) is 0 Å². The van der Waals surface area contributed by atoms with Crippen molar-refractivity contribution in [3.05, 3.63) is 0 Å². The Morgan fingerprint density at radius 2 is 1.92 bits per heavy atom. The Bertz CT molecular complexity index is 234. The molecule has 1 rings (SSSR count). The molecule has 4 heteroatoms. The maximum absolute atomic E-state index is 10.7. The molecule has 0 aromatic heterocycles. The summed E-state index contributed by atoms with van der Waals surface area (Å²) in [6.07, 6.45) is 0. The zero-order chi connectivity index (χ0) is 9.68. The first kappa shape index (κ1) is 9.87. The van der Waals surface area contributed by atoms with Crippen LogP contribution in [0.15, 0.2) is 0 Å². The van der Waals surface area contributed by atoms with Crippen LogP contribution in [0, 0.1) is 12.0 Å². The van der Waals surface area contributed by atoms with Gasteiger partial charge in [0.25, 0.3) is 0 Å². The molecule has 0 spiro atoms. The van der Waals surface area contributed by atoms with Crippen LogP contribution in [0.1, 0.15) is 0 Å². The molecule has 72 valence electrons. The number of ether oxygens (including phenoxy) is 1. The minimum absolute atomic E-state index is 0.473. The van der Waals surface area contributed by atoms with E-state index in [1.807, 2.05) is 4.90 Å². The molecule has 1 aliphatic rings. The van der Waals surface area contributed by atoms with Crippen molar-refractivity contribution in [3.63, 3.8) is 0 Å². The van der Waals surface area contributed by atoms with Crippen molar-refractivity contribution in [2.45, 2.75) is 0 Å². The van der Waals surface area contributed by atoms with E-state index in [0.717, 1.165) is 26.2 Å². The number of carbonyl (C=O) groups excluding carboxylic acids is 1. The lowest BCUT2D eigenvalue weighted by Gasteiger charge is -2.29.